The normalized spacial score (nSPS) is 14.6. The van der Waals surface area contributed by atoms with E-state index in [2.05, 4.69) is 73.1 Å². The van der Waals surface area contributed by atoms with Crippen LogP contribution in [0.5, 0.6) is 0 Å². The number of hydrogen-bond acceptors (Lipinski definition) is 8. The Kier molecular flexibility index (Phi) is 36.6. The summed E-state index contributed by atoms with van der Waals surface area (Å²) in [6.07, 6.45) is 46.1. The van der Waals surface area contributed by atoms with Gasteiger partial charge < -0.3 is 29.5 Å². The van der Waals surface area contributed by atoms with Crippen LogP contribution in [0.15, 0.2) is 97.2 Å². The molecule has 0 aromatic carbocycles. The van der Waals surface area contributed by atoms with Gasteiger partial charge in [-0.25, -0.2) is 4.57 Å². The van der Waals surface area contributed by atoms with Gasteiger partial charge in [0.1, 0.15) is 6.61 Å². The number of esters is 2. The lowest BCUT2D eigenvalue weighted by molar-refractivity contribution is -0.161. The van der Waals surface area contributed by atoms with E-state index in [1.807, 2.05) is 6.08 Å². The molecule has 10 nitrogen and oxygen atoms in total. The van der Waals surface area contributed by atoms with Gasteiger partial charge in [-0.3, -0.25) is 14.1 Å². The monoisotopic (exact) mass is 804 g/mol. The zero-order valence-electron chi connectivity index (χ0n) is 34.2. The molecule has 0 bridgehead atoms. The summed E-state index contributed by atoms with van der Waals surface area (Å²) in [5, 5.41) is 20.2. The second-order valence-corrected chi connectivity index (χ2v) is 14.9. The minimum atomic E-state index is -4.84. The lowest BCUT2D eigenvalue weighted by Crippen LogP contribution is -2.29. The van der Waals surface area contributed by atoms with E-state index in [0.29, 0.717) is 19.3 Å². The van der Waals surface area contributed by atoms with Crippen LogP contribution >= 0.6 is 7.82 Å². The molecule has 0 saturated heterocycles. The van der Waals surface area contributed by atoms with Gasteiger partial charge in [0.15, 0.2) is 6.10 Å². The molecule has 0 aromatic heterocycles. The second kappa shape index (κ2) is 38.7. The third-order valence-electron chi connectivity index (χ3n) is 8.27. The summed E-state index contributed by atoms with van der Waals surface area (Å²) in [7, 11) is -4.84. The van der Waals surface area contributed by atoms with E-state index in [-0.39, 0.29) is 19.3 Å². The molecule has 4 N–H and O–H groups in total. The average molecular weight is 805 g/mol. The molecule has 11 heteroatoms. The van der Waals surface area contributed by atoms with Gasteiger partial charge in [-0.1, -0.05) is 143 Å². The summed E-state index contributed by atoms with van der Waals surface area (Å²) in [4.78, 5) is 42.8. The van der Waals surface area contributed by atoms with Gasteiger partial charge in [0.05, 0.1) is 18.8 Å². The van der Waals surface area contributed by atoms with Crippen LogP contribution in [0.1, 0.15) is 142 Å². The molecular formula is C45H73O10P. The molecular weight excluding hydrogens is 731 g/mol. The molecule has 0 radical (unpaired) electrons. The Morgan fingerprint density at radius 3 is 1.62 bits per heavy atom. The SMILES string of the molecule is CCCCC/C=C\C/C=C\C/C=C\C/C=C\CCCCCC(=O)OC[C@H](COP(=O)(O)O)OC(=O)CCC[C@@H](O)\C=C/C=C/C=C/[C@@H](O)C/C=C\CCCCC. The minimum Gasteiger partial charge on any atom is -0.462 e. The number of hydrogen-bond donors (Lipinski definition) is 4. The fourth-order valence-electron chi connectivity index (χ4n) is 5.08. The largest absolute Gasteiger partial charge is 0.469 e. The predicted molar refractivity (Wildman–Crippen MR) is 228 cm³/mol. The molecule has 0 aliphatic rings. The summed E-state index contributed by atoms with van der Waals surface area (Å²) in [6, 6.07) is 0. The molecule has 0 heterocycles. The number of ether oxygens (including phenoxy) is 2. The molecule has 0 amide bonds. The van der Waals surface area contributed by atoms with Crippen molar-refractivity contribution in [3.63, 3.8) is 0 Å². The van der Waals surface area contributed by atoms with Crippen molar-refractivity contribution in [3.8, 4) is 0 Å². The van der Waals surface area contributed by atoms with Crippen LogP contribution in [0.2, 0.25) is 0 Å². The Morgan fingerprint density at radius 1 is 0.571 bits per heavy atom. The van der Waals surface area contributed by atoms with Crippen molar-refractivity contribution in [1.82, 2.24) is 0 Å². The maximum Gasteiger partial charge on any atom is 0.469 e. The van der Waals surface area contributed by atoms with Crippen LogP contribution in [0.3, 0.4) is 0 Å². The van der Waals surface area contributed by atoms with E-state index in [0.717, 1.165) is 51.4 Å². The predicted octanol–water partition coefficient (Wildman–Crippen LogP) is 10.6. The first-order valence-electron chi connectivity index (χ1n) is 20.7. The lowest BCUT2D eigenvalue weighted by Gasteiger charge is -2.18. The van der Waals surface area contributed by atoms with Crippen LogP contribution in [0.4, 0.5) is 0 Å². The number of phosphoric acid groups is 1. The fourth-order valence-corrected chi connectivity index (χ4v) is 5.44. The topological polar surface area (TPSA) is 160 Å². The molecule has 0 saturated carbocycles. The van der Waals surface area contributed by atoms with Gasteiger partial charge in [0.2, 0.25) is 0 Å². The van der Waals surface area contributed by atoms with Crippen molar-refractivity contribution < 1.29 is 48.2 Å². The number of phosphoric ester groups is 1. The zero-order valence-corrected chi connectivity index (χ0v) is 35.1. The Labute approximate surface area is 338 Å². The average Bonchev–Trinajstić information content (AvgIpc) is 3.16. The second-order valence-electron chi connectivity index (χ2n) is 13.7. The first-order chi connectivity index (χ1) is 27.1. The third kappa shape index (κ3) is 40.6. The number of rotatable bonds is 36. The van der Waals surface area contributed by atoms with Crippen molar-refractivity contribution in [2.75, 3.05) is 13.2 Å². The van der Waals surface area contributed by atoms with E-state index in [9.17, 15) is 24.4 Å². The highest BCUT2D eigenvalue weighted by molar-refractivity contribution is 7.46. The van der Waals surface area contributed by atoms with Gasteiger partial charge >= 0.3 is 19.8 Å². The highest BCUT2D eigenvalue weighted by atomic mass is 31.2. The molecule has 56 heavy (non-hydrogen) atoms. The fraction of sp³-hybridized carbons (Fsp3) is 0.600. The first kappa shape index (κ1) is 52.9. The lowest BCUT2D eigenvalue weighted by atomic mass is 10.1. The van der Waals surface area contributed by atoms with E-state index in [4.69, 9.17) is 19.3 Å². The first-order valence-corrected chi connectivity index (χ1v) is 22.3. The summed E-state index contributed by atoms with van der Waals surface area (Å²) in [5.41, 5.74) is 0. The Balaban J connectivity index is 4.28. The third-order valence-corrected chi connectivity index (χ3v) is 8.75. The van der Waals surface area contributed by atoms with Crippen molar-refractivity contribution >= 4 is 19.8 Å². The maximum atomic E-state index is 12.4. The standard InChI is InChI=1S/C45H73O10P/c1-3-5-7-9-11-12-13-14-15-16-17-18-19-20-21-22-23-25-31-37-44(48)53-39-43(40-54-56(50,51)52)55-45(49)38-32-36-42(47)35-30-27-26-29-34-41(46)33-28-24-10-8-6-4-2/h11-12,14-15,17-18,20-21,24,26-30,34-35,41-43,46-47H,3-10,13,16,19,22-23,25,31-33,36-40H2,1-2H3,(H2,50,51,52)/b12-11-,15-14-,18-17-,21-20-,27-26+,28-24-,34-29+,35-30-/t41-,42-,43+/m0/s1. The minimum absolute atomic E-state index is 0.0613. The summed E-state index contributed by atoms with van der Waals surface area (Å²) in [5.74, 6) is -1.17. The Bertz CT molecular complexity index is 1260. The Hall–Kier alpha value is -3.11. The molecule has 0 aliphatic carbocycles. The quantitative estimate of drug-likeness (QED) is 0.0158. The van der Waals surface area contributed by atoms with Crippen LogP contribution in [0.25, 0.3) is 0 Å². The van der Waals surface area contributed by atoms with Crippen LogP contribution < -0.4 is 0 Å². The molecule has 0 aliphatic heterocycles. The smallest absolute Gasteiger partial charge is 0.462 e. The maximum absolute atomic E-state index is 12.4. The van der Waals surface area contributed by atoms with Gasteiger partial charge in [-0.2, -0.15) is 0 Å². The van der Waals surface area contributed by atoms with E-state index in [1.165, 1.54) is 38.5 Å². The number of aliphatic hydroxyl groups is 2. The number of aliphatic hydroxyl groups excluding tert-OH is 2. The molecule has 3 atom stereocenters. The summed E-state index contributed by atoms with van der Waals surface area (Å²) < 4.78 is 26.2. The zero-order chi connectivity index (χ0) is 41.4. The van der Waals surface area contributed by atoms with E-state index >= 15 is 0 Å². The molecule has 318 valence electrons. The van der Waals surface area contributed by atoms with E-state index < -0.39 is 51.3 Å². The highest BCUT2D eigenvalue weighted by Crippen LogP contribution is 2.36. The van der Waals surface area contributed by atoms with Crippen molar-refractivity contribution in [2.45, 2.75) is 161 Å². The molecule has 0 fully saturated rings. The van der Waals surface area contributed by atoms with Crippen molar-refractivity contribution in [1.29, 1.82) is 0 Å². The number of allylic oxidation sites excluding steroid dienone is 13. The molecule has 0 spiro atoms. The molecule has 0 aromatic rings. The van der Waals surface area contributed by atoms with Gasteiger partial charge in [-0.15, -0.1) is 0 Å². The van der Waals surface area contributed by atoms with Crippen LogP contribution in [-0.2, 0) is 28.2 Å². The van der Waals surface area contributed by atoms with Crippen LogP contribution in [0, 0.1) is 0 Å². The van der Waals surface area contributed by atoms with E-state index in [1.54, 1.807) is 36.5 Å². The van der Waals surface area contributed by atoms with Gasteiger partial charge in [0, 0.05) is 12.8 Å². The number of carbonyl (C=O) groups is 2. The number of carbonyl (C=O) groups excluding carboxylic acids is 2. The molecule has 0 unspecified atom stereocenters. The molecule has 0 rings (SSSR count). The summed E-state index contributed by atoms with van der Waals surface area (Å²) >= 11 is 0. The van der Waals surface area contributed by atoms with Crippen molar-refractivity contribution in [2.24, 2.45) is 0 Å². The highest BCUT2D eigenvalue weighted by Gasteiger charge is 2.23. The van der Waals surface area contributed by atoms with Crippen LogP contribution in [-0.4, -0.2) is 63.5 Å². The van der Waals surface area contributed by atoms with Gasteiger partial charge in [0.25, 0.3) is 0 Å². The number of unbranched alkanes of at least 4 members (excludes halogenated alkanes) is 9. The van der Waals surface area contributed by atoms with Gasteiger partial charge in [-0.05, 0) is 83.5 Å². The summed E-state index contributed by atoms with van der Waals surface area (Å²) in [6.45, 7) is 3.35. The van der Waals surface area contributed by atoms with Crippen molar-refractivity contribution in [3.05, 3.63) is 97.2 Å². The Morgan fingerprint density at radius 2 is 1.07 bits per heavy atom.